The molecule has 7 aliphatic carbocycles. The highest BCUT2D eigenvalue weighted by molar-refractivity contribution is 5.63. The molecule has 7 aliphatic rings. The third-order valence-electron chi connectivity index (χ3n) is 8.64. The maximum absolute atomic E-state index is 14.5. The minimum atomic E-state index is -1.62. The summed E-state index contributed by atoms with van der Waals surface area (Å²) in [7, 11) is 0. The standard InChI is InChI=1S/C18H12F4/c19-13-7-8(14(20)16(22)15(13)21)10-6-5-9(7)17-3-1-2-4-18(10,17)12(6)11(5)17/h1-2,5-6,9-12H,3-4H2/t5-,6-,9-,10-,11-,12+,17+,18-/m0/s1. The summed E-state index contributed by atoms with van der Waals surface area (Å²) in [4.78, 5) is 0. The maximum atomic E-state index is 14.5. The molecule has 0 heterocycles. The normalized spacial score (nSPS) is 56.0. The Labute approximate surface area is 124 Å². The molecule has 8 atom stereocenters. The monoisotopic (exact) mass is 304 g/mol. The molecule has 4 heteroatoms. The molecule has 8 rings (SSSR count). The Morgan fingerprint density at radius 3 is 1.50 bits per heavy atom. The molecule has 0 unspecified atom stereocenters. The molecule has 4 saturated carbocycles. The summed E-state index contributed by atoms with van der Waals surface area (Å²) >= 11 is 0. The van der Waals surface area contributed by atoms with Crippen LogP contribution in [0.5, 0.6) is 0 Å². The van der Waals surface area contributed by atoms with E-state index in [-0.39, 0.29) is 33.8 Å². The SMILES string of the molecule is Fc1c(F)c(F)c2c(c1F)[C@@H]1[C@@H]3[C@@H]4[C@@H]5[C@H]3[C@@]13CC=CC[C@]53[C@H]24. The van der Waals surface area contributed by atoms with Gasteiger partial charge in [-0.15, -0.1) is 0 Å². The molecule has 0 radical (unpaired) electrons. The van der Waals surface area contributed by atoms with E-state index in [1.54, 1.807) is 0 Å². The zero-order valence-electron chi connectivity index (χ0n) is 11.5. The van der Waals surface area contributed by atoms with Crippen molar-refractivity contribution in [1.29, 1.82) is 0 Å². The number of allylic oxidation sites excluding steroid dienone is 2. The van der Waals surface area contributed by atoms with Crippen LogP contribution in [0, 0.1) is 57.8 Å². The molecule has 0 nitrogen and oxygen atoms in total. The summed E-state index contributed by atoms with van der Waals surface area (Å²) in [5.41, 5.74) is 0.452. The summed E-state index contributed by atoms with van der Waals surface area (Å²) in [5, 5.41) is 0. The van der Waals surface area contributed by atoms with Crippen molar-refractivity contribution in [3.8, 4) is 0 Å². The van der Waals surface area contributed by atoms with Crippen LogP contribution in [0.3, 0.4) is 0 Å². The molecular weight excluding hydrogens is 292 g/mol. The first-order valence-corrected chi connectivity index (χ1v) is 8.09. The van der Waals surface area contributed by atoms with Crippen LogP contribution in [-0.4, -0.2) is 0 Å². The topological polar surface area (TPSA) is 0 Å². The average Bonchev–Trinajstić information content (AvgIpc) is 2.50. The summed E-state index contributed by atoms with van der Waals surface area (Å²) in [6.45, 7) is 0. The van der Waals surface area contributed by atoms with E-state index in [1.165, 1.54) is 0 Å². The van der Waals surface area contributed by atoms with Gasteiger partial charge in [0, 0.05) is 11.1 Å². The molecule has 0 aliphatic heterocycles. The van der Waals surface area contributed by atoms with Gasteiger partial charge < -0.3 is 0 Å². The Bertz CT molecular complexity index is 788. The zero-order valence-corrected chi connectivity index (χ0v) is 11.5. The van der Waals surface area contributed by atoms with Crippen LogP contribution in [-0.2, 0) is 0 Å². The highest BCUT2D eigenvalue weighted by Gasteiger charge is 3.01. The van der Waals surface area contributed by atoms with Crippen LogP contribution in [0.25, 0.3) is 0 Å². The van der Waals surface area contributed by atoms with E-state index < -0.39 is 23.3 Å². The Morgan fingerprint density at radius 2 is 1.09 bits per heavy atom. The van der Waals surface area contributed by atoms with Crippen molar-refractivity contribution in [3.63, 3.8) is 0 Å². The largest absolute Gasteiger partial charge is 0.203 e. The predicted octanol–water partition coefficient (Wildman–Crippen LogP) is 4.27. The van der Waals surface area contributed by atoms with E-state index in [4.69, 9.17) is 0 Å². The lowest BCUT2D eigenvalue weighted by atomic mass is 9.00. The van der Waals surface area contributed by atoms with Crippen LogP contribution in [0.15, 0.2) is 12.2 Å². The van der Waals surface area contributed by atoms with Crippen molar-refractivity contribution in [2.75, 3.05) is 0 Å². The van der Waals surface area contributed by atoms with Gasteiger partial charge in [-0.2, -0.15) is 0 Å². The van der Waals surface area contributed by atoms with Crippen LogP contribution in [0.2, 0.25) is 0 Å². The zero-order chi connectivity index (χ0) is 14.8. The maximum Gasteiger partial charge on any atom is 0.197 e. The second-order valence-electron chi connectivity index (χ2n) is 8.21. The van der Waals surface area contributed by atoms with Crippen molar-refractivity contribution < 1.29 is 17.6 Å². The molecule has 112 valence electrons. The number of benzene rings is 1. The molecule has 2 bridgehead atoms. The summed E-state index contributed by atoms with van der Waals surface area (Å²) in [6, 6.07) is 0. The summed E-state index contributed by atoms with van der Waals surface area (Å²) in [6.07, 6.45) is 6.12. The van der Waals surface area contributed by atoms with Crippen molar-refractivity contribution >= 4 is 0 Å². The van der Waals surface area contributed by atoms with Crippen molar-refractivity contribution in [2.45, 2.75) is 24.7 Å². The molecule has 1 aromatic carbocycles. The lowest BCUT2D eigenvalue weighted by Crippen LogP contribution is -2.98. The van der Waals surface area contributed by atoms with Crippen molar-refractivity contribution in [1.82, 2.24) is 0 Å². The Balaban J connectivity index is 1.62. The highest BCUT2D eigenvalue weighted by Crippen LogP contribution is 3.06. The van der Waals surface area contributed by atoms with Crippen LogP contribution in [0.1, 0.15) is 35.8 Å². The van der Waals surface area contributed by atoms with Crippen molar-refractivity contribution in [2.24, 2.45) is 34.5 Å². The Morgan fingerprint density at radius 1 is 0.682 bits per heavy atom. The number of hydrogen-bond acceptors (Lipinski definition) is 0. The first-order valence-electron chi connectivity index (χ1n) is 8.09. The first-order chi connectivity index (χ1) is 10.6. The lowest BCUT2D eigenvalue weighted by molar-refractivity contribution is -0.516. The third-order valence-corrected chi connectivity index (χ3v) is 8.64. The van der Waals surface area contributed by atoms with Gasteiger partial charge in [0.1, 0.15) is 0 Å². The minimum absolute atomic E-state index is 0.0288. The van der Waals surface area contributed by atoms with Gasteiger partial charge in [0.25, 0.3) is 0 Å². The van der Waals surface area contributed by atoms with Gasteiger partial charge in [-0.3, -0.25) is 0 Å². The second kappa shape index (κ2) is 2.67. The molecule has 0 aromatic heterocycles. The van der Waals surface area contributed by atoms with Crippen LogP contribution >= 0.6 is 0 Å². The molecule has 0 amide bonds. The van der Waals surface area contributed by atoms with Crippen LogP contribution in [0.4, 0.5) is 17.6 Å². The Kier molecular flexibility index (Phi) is 1.37. The fraction of sp³-hybridized carbons (Fsp3) is 0.556. The van der Waals surface area contributed by atoms with E-state index in [9.17, 15) is 17.6 Å². The second-order valence-corrected chi connectivity index (χ2v) is 8.21. The molecule has 1 aromatic rings. The van der Waals surface area contributed by atoms with E-state index >= 15 is 0 Å². The molecule has 22 heavy (non-hydrogen) atoms. The fourth-order valence-electron chi connectivity index (χ4n) is 8.60. The summed E-state index contributed by atoms with van der Waals surface area (Å²) in [5.74, 6) is -3.58. The molecular formula is C18H12F4. The van der Waals surface area contributed by atoms with E-state index in [2.05, 4.69) is 12.2 Å². The Hall–Kier alpha value is -1.32. The molecule has 0 saturated heterocycles. The molecule has 0 N–H and O–H groups in total. The van der Waals surface area contributed by atoms with Gasteiger partial charge in [0.15, 0.2) is 23.3 Å². The molecule has 2 spiro atoms. The molecule has 4 fully saturated rings. The smallest absolute Gasteiger partial charge is 0.197 e. The fourth-order valence-corrected chi connectivity index (χ4v) is 8.60. The van der Waals surface area contributed by atoms with Gasteiger partial charge in [0.05, 0.1) is 0 Å². The number of rotatable bonds is 0. The number of halogens is 4. The first kappa shape index (κ1) is 11.3. The van der Waals surface area contributed by atoms with Gasteiger partial charge in [-0.25, -0.2) is 17.6 Å². The predicted molar refractivity (Wildman–Crippen MR) is 69.0 cm³/mol. The van der Waals surface area contributed by atoms with E-state index in [0.29, 0.717) is 23.7 Å². The van der Waals surface area contributed by atoms with Gasteiger partial charge in [0.2, 0.25) is 0 Å². The van der Waals surface area contributed by atoms with Gasteiger partial charge in [-0.05, 0) is 59.2 Å². The van der Waals surface area contributed by atoms with Crippen molar-refractivity contribution in [3.05, 3.63) is 46.5 Å². The van der Waals surface area contributed by atoms with Gasteiger partial charge in [-0.1, -0.05) is 12.2 Å². The third kappa shape index (κ3) is 0.625. The minimum Gasteiger partial charge on any atom is -0.203 e. The van der Waals surface area contributed by atoms with E-state index in [1.807, 2.05) is 0 Å². The van der Waals surface area contributed by atoms with E-state index in [0.717, 1.165) is 12.8 Å². The van der Waals surface area contributed by atoms with Crippen LogP contribution < -0.4 is 0 Å². The lowest BCUT2D eigenvalue weighted by Gasteiger charge is -3.03. The highest BCUT2D eigenvalue weighted by atomic mass is 19.2. The quantitative estimate of drug-likeness (QED) is 0.291. The number of hydrogen-bond donors (Lipinski definition) is 0. The van der Waals surface area contributed by atoms with Gasteiger partial charge >= 0.3 is 0 Å². The summed E-state index contributed by atoms with van der Waals surface area (Å²) < 4.78 is 56.5. The average molecular weight is 304 g/mol.